The van der Waals surface area contributed by atoms with Crippen molar-refractivity contribution >= 4 is 39.6 Å². The van der Waals surface area contributed by atoms with Crippen LogP contribution in [0, 0.1) is 9.39 Å². The standard InChI is InChI=1S/C13H9FIN3/c14-8-2-1-3-10(6-8)18-12-5-4-9(15)7-11(12)17-13(18)16/h1-7H,(H2,16,17). The molecule has 0 radical (unpaired) electrons. The number of halogens is 2. The highest BCUT2D eigenvalue weighted by Crippen LogP contribution is 2.24. The Morgan fingerprint density at radius 2 is 2.00 bits per heavy atom. The molecule has 1 heterocycles. The molecule has 3 rings (SSSR count). The summed E-state index contributed by atoms with van der Waals surface area (Å²) in [5, 5.41) is 0. The van der Waals surface area contributed by atoms with E-state index < -0.39 is 0 Å². The van der Waals surface area contributed by atoms with Crippen LogP contribution in [0.15, 0.2) is 42.5 Å². The van der Waals surface area contributed by atoms with Crippen LogP contribution in [0.5, 0.6) is 0 Å². The molecular weight excluding hydrogens is 344 g/mol. The van der Waals surface area contributed by atoms with E-state index in [9.17, 15) is 4.39 Å². The highest BCUT2D eigenvalue weighted by Gasteiger charge is 2.10. The van der Waals surface area contributed by atoms with Crippen LogP contribution in [0.2, 0.25) is 0 Å². The number of hydrogen-bond donors (Lipinski definition) is 1. The predicted octanol–water partition coefficient (Wildman–Crippen LogP) is 3.35. The van der Waals surface area contributed by atoms with E-state index in [2.05, 4.69) is 27.6 Å². The quantitative estimate of drug-likeness (QED) is 0.682. The number of hydrogen-bond acceptors (Lipinski definition) is 2. The van der Waals surface area contributed by atoms with Crippen molar-refractivity contribution < 1.29 is 4.39 Å². The Bertz CT molecular complexity index is 736. The van der Waals surface area contributed by atoms with Crippen LogP contribution < -0.4 is 5.73 Å². The smallest absolute Gasteiger partial charge is 0.205 e. The number of fused-ring (bicyclic) bond motifs is 1. The Labute approximate surface area is 117 Å². The molecule has 0 amide bonds. The molecule has 0 atom stereocenters. The number of rotatable bonds is 1. The van der Waals surface area contributed by atoms with E-state index in [0.717, 1.165) is 14.6 Å². The van der Waals surface area contributed by atoms with Crippen molar-refractivity contribution in [2.75, 3.05) is 5.73 Å². The number of nitrogens with zero attached hydrogens (tertiary/aromatic N) is 2. The summed E-state index contributed by atoms with van der Waals surface area (Å²) in [6.45, 7) is 0. The minimum atomic E-state index is -0.292. The van der Waals surface area contributed by atoms with Crippen molar-refractivity contribution in [1.29, 1.82) is 0 Å². The second-order valence-corrected chi connectivity index (χ2v) is 5.16. The molecule has 2 N–H and O–H groups in total. The number of anilines is 1. The van der Waals surface area contributed by atoms with E-state index in [4.69, 9.17) is 5.73 Å². The lowest BCUT2D eigenvalue weighted by Crippen LogP contribution is -2.00. The van der Waals surface area contributed by atoms with Crippen molar-refractivity contribution in [3.8, 4) is 5.69 Å². The van der Waals surface area contributed by atoms with Crippen LogP contribution in [0.3, 0.4) is 0 Å². The van der Waals surface area contributed by atoms with Crippen LogP contribution in [-0.4, -0.2) is 9.55 Å². The molecule has 3 aromatic rings. The van der Waals surface area contributed by atoms with Crippen LogP contribution in [0.1, 0.15) is 0 Å². The third kappa shape index (κ3) is 1.84. The highest BCUT2D eigenvalue weighted by molar-refractivity contribution is 14.1. The second kappa shape index (κ2) is 4.24. The molecule has 18 heavy (non-hydrogen) atoms. The first-order valence-corrected chi connectivity index (χ1v) is 6.42. The van der Waals surface area contributed by atoms with Gasteiger partial charge in [-0.05, 0) is 59.0 Å². The fourth-order valence-electron chi connectivity index (χ4n) is 1.96. The van der Waals surface area contributed by atoms with Gasteiger partial charge in [-0.1, -0.05) is 6.07 Å². The van der Waals surface area contributed by atoms with Gasteiger partial charge in [0.15, 0.2) is 0 Å². The van der Waals surface area contributed by atoms with Gasteiger partial charge in [0.1, 0.15) is 5.82 Å². The molecule has 0 aliphatic carbocycles. The van der Waals surface area contributed by atoms with Gasteiger partial charge in [0, 0.05) is 3.57 Å². The number of imidazole rings is 1. The largest absolute Gasteiger partial charge is 0.369 e. The van der Waals surface area contributed by atoms with Crippen molar-refractivity contribution in [2.24, 2.45) is 0 Å². The summed E-state index contributed by atoms with van der Waals surface area (Å²) in [6.07, 6.45) is 0. The molecule has 3 nitrogen and oxygen atoms in total. The Morgan fingerprint density at radius 3 is 2.78 bits per heavy atom. The van der Waals surface area contributed by atoms with Crippen molar-refractivity contribution in [1.82, 2.24) is 9.55 Å². The highest BCUT2D eigenvalue weighted by atomic mass is 127. The van der Waals surface area contributed by atoms with Gasteiger partial charge in [0.05, 0.1) is 16.7 Å². The molecule has 0 aliphatic rings. The van der Waals surface area contributed by atoms with Crippen molar-refractivity contribution in [3.05, 3.63) is 51.9 Å². The minimum absolute atomic E-state index is 0.292. The van der Waals surface area contributed by atoms with Gasteiger partial charge in [-0.2, -0.15) is 0 Å². The summed E-state index contributed by atoms with van der Waals surface area (Å²) in [5.74, 6) is 0.0665. The zero-order valence-electron chi connectivity index (χ0n) is 9.27. The average molecular weight is 353 g/mol. The maximum absolute atomic E-state index is 13.3. The van der Waals surface area contributed by atoms with E-state index in [1.165, 1.54) is 12.1 Å². The summed E-state index contributed by atoms with van der Waals surface area (Å²) >= 11 is 2.22. The zero-order chi connectivity index (χ0) is 12.7. The van der Waals surface area contributed by atoms with Crippen LogP contribution in [-0.2, 0) is 0 Å². The Hall–Kier alpha value is -1.63. The lowest BCUT2D eigenvalue weighted by molar-refractivity contribution is 0.627. The van der Waals surface area contributed by atoms with Crippen LogP contribution in [0.25, 0.3) is 16.7 Å². The Morgan fingerprint density at radius 1 is 1.17 bits per heavy atom. The van der Waals surface area contributed by atoms with E-state index >= 15 is 0 Å². The second-order valence-electron chi connectivity index (χ2n) is 3.92. The molecule has 0 bridgehead atoms. The van der Waals surface area contributed by atoms with Gasteiger partial charge in [0.25, 0.3) is 0 Å². The number of nitrogens with two attached hydrogens (primary N) is 1. The maximum atomic E-state index is 13.3. The Balaban J connectivity index is 2.32. The summed E-state index contributed by atoms with van der Waals surface area (Å²) in [4.78, 5) is 4.29. The van der Waals surface area contributed by atoms with Gasteiger partial charge < -0.3 is 5.73 Å². The average Bonchev–Trinajstić information content (AvgIpc) is 2.64. The van der Waals surface area contributed by atoms with Crippen molar-refractivity contribution in [2.45, 2.75) is 0 Å². The Kier molecular flexibility index (Phi) is 2.70. The summed E-state index contributed by atoms with van der Waals surface area (Å²) in [7, 11) is 0. The van der Waals surface area contributed by atoms with E-state index in [1.807, 2.05) is 18.2 Å². The van der Waals surface area contributed by atoms with E-state index in [-0.39, 0.29) is 5.82 Å². The first kappa shape index (κ1) is 11.5. The molecule has 0 saturated heterocycles. The van der Waals surface area contributed by atoms with E-state index in [1.54, 1.807) is 16.7 Å². The van der Waals surface area contributed by atoms with Gasteiger partial charge >= 0.3 is 0 Å². The molecular formula is C13H9FIN3. The molecule has 2 aromatic carbocycles. The molecule has 0 spiro atoms. The first-order valence-electron chi connectivity index (χ1n) is 5.34. The van der Waals surface area contributed by atoms with E-state index in [0.29, 0.717) is 11.6 Å². The molecule has 0 unspecified atom stereocenters. The number of benzene rings is 2. The third-order valence-electron chi connectivity index (χ3n) is 2.71. The van der Waals surface area contributed by atoms with Crippen molar-refractivity contribution in [3.63, 3.8) is 0 Å². The monoisotopic (exact) mass is 353 g/mol. The third-order valence-corrected chi connectivity index (χ3v) is 3.38. The SMILES string of the molecule is Nc1nc2cc(I)ccc2n1-c1cccc(F)c1. The molecule has 90 valence electrons. The summed E-state index contributed by atoms with van der Waals surface area (Å²) in [5.41, 5.74) is 8.27. The fourth-order valence-corrected chi connectivity index (χ4v) is 2.43. The first-order chi connectivity index (χ1) is 8.65. The topological polar surface area (TPSA) is 43.8 Å². The number of aromatic nitrogens is 2. The van der Waals surface area contributed by atoms with Gasteiger partial charge in [-0.3, -0.25) is 4.57 Å². The molecule has 0 saturated carbocycles. The molecule has 5 heteroatoms. The van der Waals surface area contributed by atoms with Gasteiger partial charge in [-0.25, -0.2) is 9.37 Å². The lowest BCUT2D eigenvalue weighted by atomic mass is 10.2. The normalized spacial score (nSPS) is 11.0. The molecule has 0 fully saturated rings. The predicted molar refractivity (Wildman–Crippen MR) is 78.2 cm³/mol. The van der Waals surface area contributed by atoms with Crippen LogP contribution >= 0.6 is 22.6 Å². The molecule has 0 aliphatic heterocycles. The van der Waals surface area contributed by atoms with Crippen LogP contribution in [0.4, 0.5) is 10.3 Å². The minimum Gasteiger partial charge on any atom is -0.369 e. The lowest BCUT2D eigenvalue weighted by Gasteiger charge is -2.06. The van der Waals surface area contributed by atoms with Gasteiger partial charge in [0.2, 0.25) is 5.95 Å². The fraction of sp³-hybridized carbons (Fsp3) is 0. The summed E-state index contributed by atoms with van der Waals surface area (Å²) < 4.78 is 16.1. The maximum Gasteiger partial charge on any atom is 0.205 e. The summed E-state index contributed by atoms with van der Waals surface area (Å²) in [6, 6.07) is 12.2. The van der Waals surface area contributed by atoms with Gasteiger partial charge in [-0.15, -0.1) is 0 Å². The zero-order valence-corrected chi connectivity index (χ0v) is 11.4. The number of nitrogen functional groups attached to an aromatic ring is 1. The molecule has 1 aromatic heterocycles.